The Bertz CT molecular complexity index is 540. The Morgan fingerprint density at radius 1 is 1.36 bits per heavy atom. The molecule has 0 radical (unpaired) electrons. The Balaban J connectivity index is 2.30. The molecule has 3 rings (SSSR count). The second-order valence-corrected chi connectivity index (χ2v) is 3.78. The van der Waals surface area contributed by atoms with E-state index in [9.17, 15) is 4.79 Å². The third-order valence-corrected chi connectivity index (χ3v) is 2.71. The predicted octanol–water partition coefficient (Wildman–Crippen LogP) is 1.80. The molecule has 0 saturated heterocycles. The number of aromatic amines is 1. The van der Waals surface area contributed by atoms with Crippen molar-refractivity contribution in [3.63, 3.8) is 0 Å². The molecule has 0 amide bonds. The number of aromatic nitrogens is 2. The van der Waals surface area contributed by atoms with E-state index < -0.39 is 0 Å². The molecule has 0 atom stereocenters. The minimum atomic E-state index is -0.0440. The second-order valence-electron chi connectivity index (χ2n) is 3.78. The normalized spacial score (nSPS) is 16.0. The smallest absolute Gasteiger partial charge is 0.258 e. The van der Waals surface area contributed by atoms with E-state index in [0.29, 0.717) is 11.3 Å². The van der Waals surface area contributed by atoms with Crippen molar-refractivity contribution in [2.45, 2.75) is 18.8 Å². The summed E-state index contributed by atoms with van der Waals surface area (Å²) >= 11 is 0. The van der Waals surface area contributed by atoms with Crippen molar-refractivity contribution >= 4 is 10.9 Å². The van der Waals surface area contributed by atoms with E-state index in [0.717, 1.165) is 5.52 Å². The summed E-state index contributed by atoms with van der Waals surface area (Å²) in [5.74, 6) is 0.680. The van der Waals surface area contributed by atoms with Gasteiger partial charge in [-0.2, -0.15) is 0 Å². The van der Waals surface area contributed by atoms with Crippen LogP contribution in [0, 0.1) is 0 Å². The van der Waals surface area contributed by atoms with Crippen LogP contribution in [0.25, 0.3) is 10.9 Å². The summed E-state index contributed by atoms with van der Waals surface area (Å²) in [5, 5.41) is 0.705. The zero-order valence-electron chi connectivity index (χ0n) is 7.66. The van der Waals surface area contributed by atoms with Gasteiger partial charge in [-0.05, 0) is 36.5 Å². The quantitative estimate of drug-likeness (QED) is 0.738. The monoisotopic (exact) mass is 186 g/mol. The molecule has 1 aromatic heterocycles. The van der Waals surface area contributed by atoms with Gasteiger partial charge in [0.2, 0.25) is 0 Å². The number of hydrogen-bond acceptors (Lipinski definition) is 2. The first-order chi connectivity index (χ1) is 6.84. The molecule has 1 aliphatic rings. The van der Waals surface area contributed by atoms with Crippen LogP contribution in [-0.2, 0) is 0 Å². The van der Waals surface area contributed by atoms with Crippen LogP contribution in [0.3, 0.4) is 0 Å². The van der Waals surface area contributed by atoms with Crippen LogP contribution in [0.4, 0.5) is 0 Å². The molecule has 3 nitrogen and oxygen atoms in total. The van der Waals surface area contributed by atoms with E-state index in [1.807, 2.05) is 12.1 Å². The van der Waals surface area contributed by atoms with E-state index in [-0.39, 0.29) is 5.56 Å². The van der Waals surface area contributed by atoms with Gasteiger partial charge in [0, 0.05) is 0 Å². The molecule has 0 aliphatic heterocycles. The first-order valence-corrected chi connectivity index (χ1v) is 4.82. The molecule has 0 bridgehead atoms. The lowest BCUT2D eigenvalue weighted by Gasteiger charge is -1.99. The van der Waals surface area contributed by atoms with Crippen molar-refractivity contribution in [2.75, 3.05) is 0 Å². The number of benzene rings is 1. The Kier molecular flexibility index (Phi) is 1.48. The van der Waals surface area contributed by atoms with E-state index in [4.69, 9.17) is 0 Å². The molecular formula is C11H10N2O. The van der Waals surface area contributed by atoms with Crippen LogP contribution in [0.15, 0.2) is 29.3 Å². The summed E-state index contributed by atoms with van der Waals surface area (Å²) in [7, 11) is 0. The molecule has 3 heteroatoms. The summed E-state index contributed by atoms with van der Waals surface area (Å²) in [6, 6.07) is 5.98. The third-order valence-electron chi connectivity index (χ3n) is 2.71. The third kappa shape index (κ3) is 1.13. The highest BCUT2D eigenvalue weighted by atomic mass is 16.1. The van der Waals surface area contributed by atoms with E-state index in [1.54, 1.807) is 0 Å². The zero-order chi connectivity index (χ0) is 9.54. The van der Waals surface area contributed by atoms with Crippen molar-refractivity contribution < 1.29 is 0 Å². The first-order valence-electron chi connectivity index (χ1n) is 4.82. The molecule has 0 unspecified atom stereocenters. The number of nitrogens with one attached hydrogen (secondary N) is 1. The van der Waals surface area contributed by atoms with Gasteiger partial charge in [-0.3, -0.25) is 4.79 Å². The minimum absolute atomic E-state index is 0.0440. The number of fused-ring (bicyclic) bond motifs is 1. The fourth-order valence-electron chi connectivity index (χ4n) is 1.76. The Morgan fingerprint density at radius 2 is 2.21 bits per heavy atom. The maximum absolute atomic E-state index is 11.5. The molecule has 14 heavy (non-hydrogen) atoms. The molecule has 1 aromatic carbocycles. The Morgan fingerprint density at radius 3 is 3.00 bits per heavy atom. The van der Waals surface area contributed by atoms with Gasteiger partial charge >= 0.3 is 0 Å². The number of hydrogen-bond donors (Lipinski definition) is 1. The highest BCUT2D eigenvalue weighted by Crippen LogP contribution is 2.40. The standard InChI is InChI=1S/C11H10N2O/c14-11-9-5-8(7-1-2-7)3-4-10(9)12-6-13-11/h3-7H,1-2H2,(H,12,13,14). The van der Waals surface area contributed by atoms with Crippen LogP contribution in [0.1, 0.15) is 24.3 Å². The van der Waals surface area contributed by atoms with Gasteiger partial charge in [-0.25, -0.2) is 4.98 Å². The van der Waals surface area contributed by atoms with Gasteiger partial charge in [-0.15, -0.1) is 0 Å². The average molecular weight is 186 g/mol. The maximum atomic E-state index is 11.5. The second kappa shape index (κ2) is 2.67. The molecule has 70 valence electrons. The predicted molar refractivity (Wildman–Crippen MR) is 54.3 cm³/mol. The lowest BCUT2D eigenvalue weighted by atomic mass is 10.1. The van der Waals surface area contributed by atoms with Crippen LogP contribution in [-0.4, -0.2) is 9.97 Å². The number of H-pyrrole nitrogens is 1. The fourth-order valence-corrected chi connectivity index (χ4v) is 1.76. The fraction of sp³-hybridized carbons (Fsp3) is 0.273. The van der Waals surface area contributed by atoms with Gasteiger partial charge in [0.05, 0.1) is 17.2 Å². The Hall–Kier alpha value is -1.64. The first kappa shape index (κ1) is 7.74. The lowest BCUT2D eigenvalue weighted by molar-refractivity contribution is 1.12. The largest absolute Gasteiger partial charge is 0.313 e. The molecule has 0 spiro atoms. The van der Waals surface area contributed by atoms with Crippen LogP contribution >= 0.6 is 0 Å². The van der Waals surface area contributed by atoms with Crippen LogP contribution in [0.2, 0.25) is 0 Å². The molecule has 2 aromatic rings. The molecule has 1 saturated carbocycles. The summed E-state index contributed by atoms with van der Waals surface area (Å²) < 4.78 is 0. The summed E-state index contributed by atoms with van der Waals surface area (Å²) in [6.07, 6.45) is 3.95. The van der Waals surface area contributed by atoms with Gasteiger partial charge in [-0.1, -0.05) is 6.07 Å². The van der Waals surface area contributed by atoms with Gasteiger partial charge in [0.25, 0.3) is 5.56 Å². The van der Waals surface area contributed by atoms with E-state index in [2.05, 4.69) is 16.0 Å². The highest BCUT2D eigenvalue weighted by molar-refractivity contribution is 5.78. The topological polar surface area (TPSA) is 45.8 Å². The van der Waals surface area contributed by atoms with Crippen molar-refractivity contribution in [3.05, 3.63) is 40.4 Å². The van der Waals surface area contributed by atoms with Crippen molar-refractivity contribution in [1.82, 2.24) is 9.97 Å². The molecule has 1 N–H and O–H groups in total. The van der Waals surface area contributed by atoms with Gasteiger partial charge < -0.3 is 4.98 Å². The summed E-state index contributed by atoms with van der Waals surface area (Å²) in [6.45, 7) is 0. The van der Waals surface area contributed by atoms with E-state index >= 15 is 0 Å². The molecular weight excluding hydrogens is 176 g/mol. The van der Waals surface area contributed by atoms with Crippen LogP contribution in [0.5, 0.6) is 0 Å². The molecule has 1 aliphatic carbocycles. The van der Waals surface area contributed by atoms with Crippen molar-refractivity contribution in [2.24, 2.45) is 0 Å². The summed E-state index contributed by atoms with van der Waals surface area (Å²) in [4.78, 5) is 18.2. The maximum Gasteiger partial charge on any atom is 0.258 e. The van der Waals surface area contributed by atoms with Gasteiger partial charge in [0.1, 0.15) is 0 Å². The SMILES string of the molecule is O=c1[nH]cnc2ccc(C3CC3)cc12. The molecule has 1 fully saturated rings. The lowest BCUT2D eigenvalue weighted by Crippen LogP contribution is -2.06. The Labute approximate surface area is 80.8 Å². The zero-order valence-corrected chi connectivity index (χ0v) is 7.66. The van der Waals surface area contributed by atoms with Crippen molar-refractivity contribution in [3.8, 4) is 0 Å². The molecule has 1 heterocycles. The minimum Gasteiger partial charge on any atom is -0.313 e. The number of rotatable bonds is 1. The van der Waals surface area contributed by atoms with Crippen LogP contribution < -0.4 is 5.56 Å². The number of nitrogens with zero attached hydrogens (tertiary/aromatic N) is 1. The summed E-state index contributed by atoms with van der Waals surface area (Å²) in [5.41, 5.74) is 2.01. The van der Waals surface area contributed by atoms with Gasteiger partial charge in [0.15, 0.2) is 0 Å². The van der Waals surface area contributed by atoms with E-state index in [1.165, 1.54) is 24.7 Å². The average Bonchev–Trinajstić information content (AvgIpc) is 3.01. The highest BCUT2D eigenvalue weighted by Gasteiger charge is 2.23. The van der Waals surface area contributed by atoms with Crippen molar-refractivity contribution in [1.29, 1.82) is 0 Å².